The molecule has 0 spiro atoms. The van der Waals surface area contributed by atoms with Crippen LogP contribution in [0.15, 0.2) is 22.8 Å². The van der Waals surface area contributed by atoms with Crippen LogP contribution in [0.5, 0.6) is 0 Å². The average Bonchev–Trinajstić information content (AvgIpc) is 2.56. The molecule has 0 aliphatic rings. The van der Waals surface area contributed by atoms with Gasteiger partial charge in [0, 0.05) is 0 Å². The summed E-state index contributed by atoms with van der Waals surface area (Å²) in [6.45, 7) is 1.63. The number of nitrogens with zero attached hydrogens (tertiary/aromatic N) is 1. The lowest BCUT2D eigenvalue weighted by atomic mass is 10.5. The molecule has 0 aromatic carbocycles. The molecule has 0 fully saturated rings. The summed E-state index contributed by atoms with van der Waals surface area (Å²) >= 11 is 0. The number of rotatable bonds is 4. The quantitative estimate of drug-likeness (QED) is 0.235. The number of ether oxygens (including phenoxy) is 1. The molecule has 0 unspecified atom stereocenters. The maximum Gasteiger partial charge on any atom is 0.373 e. The van der Waals surface area contributed by atoms with Gasteiger partial charge < -0.3 is 14.4 Å². The summed E-state index contributed by atoms with van der Waals surface area (Å²) in [6.07, 6.45) is 2.64. The molecule has 0 bridgehead atoms. The molecule has 0 aliphatic carbocycles. The highest BCUT2D eigenvalue weighted by Gasteiger charge is 2.07. The van der Waals surface area contributed by atoms with Gasteiger partial charge in [-0.2, -0.15) is 4.74 Å². The number of hydrogen-bond acceptors (Lipinski definition) is 4. The fraction of sp³-hybridized carbons (Fsp3) is 0.333. The van der Waals surface area contributed by atoms with E-state index in [1.165, 1.54) is 12.5 Å². The first-order valence-electron chi connectivity index (χ1n) is 4.20. The van der Waals surface area contributed by atoms with Crippen LogP contribution >= 0.6 is 0 Å². The third-order valence-electron chi connectivity index (χ3n) is 1.40. The normalized spacial score (nSPS) is 11.4. The van der Waals surface area contributed by atoms with Gasteiger partial charge in [0.2, 0.25) is 12.8 Å². The van der Waals surface area contributed by atoms with Crippen molar-refractivity contribution in [3.8, 4) is 0 Å². The molecule has 0 radical (unpaired) electrons. The minimum absolute atomic E-state index is 0.271. The highest BCUT2D eigenvalue weighted by atomic mass is 16.5. The number of esters is 1. The highest BCUT2D eigenvalue weighted by molar-refractivity contribution is 5.74. The van der Waals surface area contributed by atoms with Crippen LogP contribution in [0.3, 0.4) is 0 Å². The van der Waals surface area contributed by atoms with Gasteiger partial charge in [-0.15, -0.1) is 0 Å². The standard InChI is InChI=1S/C9H11NO4/c1-2-13-9(11)7-10(12)6-8-4-3-5-14-8/h3-6H,2,7H2,1H3. The minimum atomic E-state index is -0.551. The molecule has 1 aromatic heterocycles. The lowest BCUT2D eigenvalue weighted by Gasteiger charge is -2.02. The van der Waals surface area contributed by atoms with E-state index in [1.807, 2.05) is 0 Å². The van der Waals surface area contributed by atoms with Crippen molar-refractivity contribution in [2.24, 2.45) is 0 Å². The van der Waals surface area contributed by atoms with Gasteiger partial charge in [0.05, 0.1) is 12.9 Å². The maximum atomic E-state index is 11.1. The van der Waals surface area contributed by atoms with Crippen LogP contribution in [0.1, 0.15) is 12.7 Å². The van der Waals surface area contributed by atoms with E-state index >= 15 is 0 Å². The third-order valence-corrected chi connectivity index (χ3v) is 1.40. The van der Waals surface area contributed by atoms with Crippen molar-refractivity contribution in [3.05, 3.63) is 29.4 Å². The van der Waals surface area contributed by atoms with Gasteiger partial charge in [-0.05, 0) is 19.1 Å². The van der Waals surface area contributed by atoms with Crippen molar-refractivity contribution in [2.45, 2.75) is 6.92 Å². The molecule has 1 heterocycles. The molecule has 0 N–H and O–H groups in total. The van der Waals surface area contributed by atoms with Crippen molar-refractivity contribution >= 4 is 12.2 Å². The summed E-state index contributed by atoms with van der Waals surface area (Å²) < 4.78 is 9.97. The van der Waals surface area contributed by atoms with E-state index in [0.29, 0.717) is 10.5 Å². The molecular weight excluding hydrogens is 186 g/mol. The predicted molar refractivity (Wildman–Crippen MR) is 49.0 cm³/mol. The second-order valence-corrected chi connectivity index (χ2v) is 2.52. The second kappa shape index (κ2) is 5.06. The Morgan fingerprint density at radius 2 is 2.57 bits per heavy atom. The smallest absolute Gasteiger partial charge is 0.373 e. The molecule has 0 amide bonds. The summed E-state index contributed by atoms with van der Waals surface area (Å²) in [5, 5.41) is 11.1. The van der Waals surface area contributed by atoms with Crippen molar-refractivity contribution < 1.29 is 18.7 Å². The van der Waals surface area contributed by atoms with Gasteiger partial charge in [0.1, 0.15) is 0 Å². The lowest BCUT2D eigenvalue weighted by Crippen LogP contribution is -2.19. The molecule has 0 saturated heterocycles. The molecule has 1 rings (SSSR count). The average molecular weight is 197 g/mol. The Labute approximate surface area is 81.2 Å². The molecule has 5 nitrogen and oxygen atoms in total. The molecule has 1 aromatic rings. The Bertz CT molecular complexity index is 316. The van der Waals surface area contributed by atoms with Crippen molar-refractivity contribution in [1.82, 2.24) is 0 Å². The summed E-state index contributed by atoms with van der Waals surface area (Å²) in [6, 6.07) is 3.28. The molecule has 0 atom stereocenters. The predicted octanol–water partition coefficient (Wildman–Crippen LogP) is 0.772. The van der Waals surface area contributed by atoms with Crippen molar-refractivity contribution in [2.75, 3.05) is 13.2 Å². The Balaban J connectivity index is 2.49. The van der Waals surface area contributed by atoms with Gasteiger partial charge in [-0.3, -0.25) is 0 Å². The zero-order valence-electron chi connectivity index (χ0n) is 7.80. The Kier molecular flexibility index (Phi) is 3.72. The van der Waals surface area contributed by atoms with E-state index in [0.717, 1.165) is 0 Å². The van der Waals surface area contributed by atoms with Crippen LogP contribution in [0.4, 0.5) is 0 Å². The number of carbonyl (C=O) groups excluding carboxylic acids is 1. The van der Waals surface area contributed by atoms with E-state index in [9.17, 15) is 10.0 Å². The SMILES string of the molecule is CCOC(=O)C[N+]([O-])=Cc1ccco1. The van der Waals surface area contributed by atoms with Crippen molar-refractivity contribution in [3.63, 3.8) is 0 Å². The summed E-state index contributed by atoms with van der Waals surface area (Å²) in [7, 11) is 0. The molecular formula is C9H11NO4. The lowest BCUT2D eigenvalue weighted by molar-refractivity contribution is -0.443. The van der Waals surface area contributed by atoms with Crippen LogP contribution in [-0.2, 0) is 9.53 Å². The Hall–Kier alpha value is -1.78. The molecule has 0 saturated carbocycles. The van der Waals surface area contributed by atoms with Gasteiger partial charge >= 0.3 is 5.97 Å². The fourth-order valence-electron chi connectivity index (χ4n) is 0.886. The zero-order chi connectivity index (χ0) is 10.4. The minimum Gasteiger partial charge on any atom is -0.623 e. The third kappa shape index (κ3) is 3.30. The topological polar surface area (TPSA) is 65.5 Å². The molecule has 5 heteroatoms. The summed E-state index contributed by atoms with van der Waals surface area (Å²) in [4.78, 5) is 10.9. The Morgan fingerprint density at radius 3 is 3.14 bits per heavy atom. The largest absolute Gasteiger partial charge is 0.623 e. The van der Waals surface area contributed by atoms with Gasteiger partial charge in [-0.25, -0.2) is 4.79 Å². The fourth-order valence-corrected chi connectivity index (χ4v) is 0.886. The van der Waals surface area contributed by atoms with Crippen molar-refractivity contribution in [1.29, 1.82) is 0 Å². The number of furan rings is 1. The first kappa shape index (κ1) is 10.3. The van der Waals surface area contributed by atoms with Gasteiger partial charge in [0.25, 0.3) is 0 Å². The highest BCUT2D eigenvalue weighted by Crippen LogP contribution is 1.95. The van der Waals surface area contributed by atoms with E-state index < -0.39 is 5.97 Å². The van der Waals surface area contributed by atoms with Gasteiger partial charge in [-0.1, -0.05) is 0 Å². The van der Waals surface area contributed by atoms with E-state index in [4.69, 9.17) is 4.42 Å². The number of hydroxylamine groups is 1. The van der Waals surface area contributed by atoms with E-state index in [2.05, 4.69) is 4.74 Å². The van der Waals surface area contributed by atoms with Crippen LogP contribution < -0.4 is 0 Å². The maximum absolute atomic E-state index is 11.1. The number of carbonyl (C=O) groups is 1. The Morgan fingerprint density at radius 1 is 1.79 bits per heavy atom. The molecule has 0 aliphatic heterocycles. The second-order valence-electron chi connectivity index (χ2n) is 2.52. The number of hydrogen-bond donors (Lipinski definition) is 0. The van der Waals surface area contributed by atoms with E-state index in [1.54, 1.807) is 19.1 Å². The summed E-state index contributed by atoms with van der Waals surface area (Å²) in [5.74, 6) is -0.144. The first-order chi connectivity index (χ1) is 6.72. The van der Waals surface area contributed by atoms with Crippen LogP contribution in [-0.4, -0.2) is 30.1 Å². The van der Waals surface area contributed by atoms with Crippen LogP contribution in [0.25, 0.3) is 0 Å². The monoisotopic (exact) mass is 197 g/mol. The van der Waals surface area contributed by atoms with E-state index in [-0.39, 0.29) is 13.2 Å². The summed E-state index contributed by atoms with van der Waals surface area (Å²) in [5.41, 5.74) is 0. The van der Waals surface area contributed by atoms with Crippen LogP contribution in [0, 0.1) is 5.21 Å². The molecule has 76 valence electrons. The molecule has 14 heavy (non-hydrogen) atoms. The zero-order valence-corrected chi connectivity index (χ0v) is 7.80. The first-order valence-corrected chi connectivity index (χ1v) is 4.20. The van der Waals surface area contributed by atoms with Crippen LogP contribution in [0.2, 0.25) is 0 Å². The van der Waals surface area contributed by atoms with Gasteiger partial charge in [0.15, 0.2) is 5.76 Å².